The van der Waals surface area contributed by atoms with Crippen LogP contribution in [-0.4, -0.2) is 94.1 Å². The minimum Gasteiger partial charge on any atom is -0.481 e. The van der Waals surface area contributed by atoms with Crippen LogP contribution in [0.1, 0.15) is 65.2 Å². The quantitative estimate of drug-likeness (QED) is 0.0951. The average molecular weight is 718 g/mol. The lowest BCUT2D eigenvalue weighted by molar-refractivity contribution is -0.757. The average Bonchev–Trinajstić information content (AvgIpc) is 3.38. The van der Waals surface area contributed by atoms with Crippen molar-refractivity contribution in [2.75, 3.05) is 26.4 Å². The summed E-state index contributed by atoms with van der Waals surface area (Å²) in [5.74, 6) is -5.14. The number of aliphatic hydroxyl groups is 1. The first-order valence-corrected chi connectivity index (χ1v) is 16.0. The van der Waals surface area contributed by atoms with E-state index in [0.717, 1.165) is 6.08 Å². The zero-order valence-corrected chi connectivity index (χ0v) is 27.5. The fraction of sp³-hybridized carbons (Fsp3) is 0.710. The lowest BCUT2D eigenvalue weighted by Crippen LogP contribution is -2.68. The number of halogens is 2. The van der Waals surface area contributed by atoms with Crippen LogP contribution < -0.4 is 5.32 Å². The Balaban J connectivity index is 0.000000588. The van der Waals surface area contributed by atoms with Crippen molar-refractivity contribution in [3.05, 3.63) is 44.0 Å². The third-order valence-electron chi connectivity index (χ3n) is 10.3. The molecule has 17 nitrogen and oxygen atoms in total. The number of hydrogen-bond donors (Lipinski definition) is 3. The van der Waals surface area contributed by atoms with Gasteiger partial charge in [0.25, 0.3) is 10.2 Å². The highest BCUT2D eigenvalue weighted by Crippen LogP contribution is 2.69. The third-order valence-corrected chi connectivity index (χ3v) is 10.3. The Morgan fingerprint density at radius 3 is 2.26 bits per heavy atom. The fourth-order valence-electron chi connectivity index (χ4n) is 8.03. The minimum absolute atomic E-state index is 0.0379. The smallest absolute Gasteiger partial charge is 0.325 e. The number of fused-ring (bicyclic) bond motifs is 5. The standard InChI is InChI=1S/C27H34F2N2O9.C4H7NO5/c1-25-12-22(34)27(29)18(11-20(28)19-10-15(32)7-8-26(19,27)2)16(25)5-6-17(25)21(33)14-39-24(36)13-30-23(35)4-3-9-40-31(37)38;6-4(7)2-1-3-10-5(8)9/h7-8,10,16-18,20,22,34H,3-6,9,11-14H2,1-2H3,(H,30,35);1-3H2,(H,6,7)/t16?,17?,18?,20-,22?,25?,26?,27-;/m0./s1. The molecule has 0 heterocycles. The number of carbonyl (C=O) groups excluding carboxylic acids is 4. The number of ketones is 2. The molecule has 0 spiro atoms. The number of aliphatic carboxylic acids is 1. The molecule has 4 aliphatic carbocycles. The van der Waals surface area contributed by atoms with Gasteiger partial charge < -0.3 is 29.9 Å². The van der Waals surface area contributed by atoms with Gasteiger partial charge in [-0.2, -0.15) is 0 Å². The van der Waals surface area contributed by atoms with Gasteiger partial charge in [-0.15, -0.1) is 20.2 Å². The topological polar surface area (TPSA) is 252 Å². The van der Waals surface area contributed by atoms with E-state index in [4.69, 9.17) is 9.84 Å². The molecule has 3 fully saturated rings. The zero-order valence-electron chi connectivity index (χ0n) is 27.5. The van der Waals surface area contributed by atoms with Gasteiger partial charge in [0, 0.05) is 30.1 Å². The van der Waals surface area contributed by atoms with E-state index in [9.17, 15) is 49.3 Å². The van der Waals surface area contributed by atoms with Gasteiger partial charge in [-0.25, -0.2) is 8.78 Å². The van der Waals surface area contributed by atoms with Crippen LogP contribution in [0, 0.1) is 48.8 Å². The van der Waals surface area contributed by atoms with E-state index < -0.39 is 99.3 Å². The van der Waals surface area contributed by atoms with Crippen LogP contribution in [0.5, 0.6) is 0 Å². The summed E-state index contributed by atoms with van der Waals surface area (Å²) in [4.78, 5) is 86.3. The number of rotatable bonds is 15. The number of carbonyl (C=O) groups is 5. The lowest BCUT2D eigenvalue weighted by Gasteiger charge is -2.62. The van der Waals surface area contributed by atoms with Gasteiger partial charge in [0.2, 0.25) is 5.91 Å². The number of nitrogens with one attached hydrogen (secondary N) is 1. The first-order chi connectivity index (χ1) is 23.4. The van der Waals surface area contributed by atoms with Crippen LogP contribution in [-0.2, 0) is 38.4 Å². The van der Waals surface area contributed by atoms with Gasteiger partial charge >= 0.3 is 11.9 Å². The van der Waals surface area contributed by atoms with E-state index in [0.29, 0.717) is 12.8 Å². The fourth-order valence-corrected chi connectivity index (χ4v) is 8.03. The Hall–Kier alpha value is -4.55. The summed E-state index contributed by atoms with van der Waals surface area (Å²) in [6.45, 7) is 1.82. The Morgan fingerprint density at radius 2 is 1.66 bits per heavy atom. The molecule has 278 valence electrons. The van der Waals surface area contributed by atoms with Gasteiger partial charge in [-0.3, -0.25) is 24.0 Å². The van der Waals surface area contributed by atoms with Gasteiger partial charge in [-0.05, 0) is 74.5 Å². The molecule has 4 aliphatic rings. The van der Waals surface area contributed by atoms with Crippen molar-refractivity contribution in [1.29, 1.82) is 0 Å². The van der Waals surface area contributed by atoms with Crippen LogP contribution in [0.2, 0.25) is 0 Å². The molecule has 0 aliphatic heterocycles. The van der Waals surface area contributed by atoms with Crippen LogP contribution in [0.25, 0.3) is 0 Å². The number of alkyl halides is 2. The molecule has 0 bridgehead atoms. The Labute approximate surface area is 284 Å². The number of aliphatic hydroxyl groups excluding tert-OH is 1. The molecule has 3 saturated carbocycles. The van der Waals surface area contributed by atoms with Crippen LogP contribution in [0.3, 0.4) is 0 Å². The number of carboxylic acids is 1. The van der Waals surface area contributed by atoms with Crippen LogP contribution in [0.4, 0.5) is 8.78 Å². The summed E-state index contributed by atoms with van der Waals surface area (Å²) in [6.07, 6.45) is 1.20. The monoisotopic (exact) mass is 717 g/mol. The van der Waals surface area contributed by atoms with E-state index in [1.54, 1.807) is 6.92 Å². The molecule has 0 aromatic carbocycles. The molecule has 0 radical (unpaired) electrons. The predicted molar refractivity (Wildman–Crippen MR) is 163 cm³/mol. The molecule has 3 N–H and O–H groups in total. The van der Waals surface area contributed by atoms with Crippen molar-refractivity contribution in [1.82, 2.24) is 5.32 Å². The third kappa shape index (κ3) is 8.78. The summed E-state index contributed by atoms with van der Waals surface area (Å²) in [5, 5.41) is 39.3. The summed E-state index contributed by atoms with van der Waals surface area (Å²) >= 11 is 0. The second-order valence-electron chi connectivity index (χ2n) is 13.2. The van der Waals surface area contributed by atoms with E-state index in [2.05, 4.69) is 15.0 Å². The molecule has 1 amide bonds. The molecule has 50 heavy (non-hydrogen) atoms. The van der Waals surface area contributed by atoms with Gasteiger partial charge in [-0.1, -0.05) is 13.0 Å². The number of Topliss-reactive ketones (excluding diaryl/α,β-unsaturated/α-hetero) is 1. The summed E-state index contributed by atoms with van der Waals surface area (Å²) in [6, 6.07) is 0. The predicted octanol–water partition coefficient (Wildman–Crippen LogP) is 2.20. The molecule has 8 atom stereocenters. The Morgan fingerprint density at radius 1 is 1.04 bits per heavy atom. The molecule has 0 aromatic rings. The largest absolute Gasteiger partial charge is 0.481 e. The number of carboxylic acid groups (broad SMARTS) is 1. The number of esters is 1. The minimum atomic E-state index is -2.22. The molecule has 4 rings (SSSR count). The molecule has 0 aromatic heterocycles. The second kappa shape index (κ2) is 16.4. The van der Waals surface area contributed by atoms with Crippen LogP contribution in [0.15, 0.2) is 23.8 Å². The maximum absolute atomic E-state index is 17.1. The van der Waals surface area contributed by atoms with Crippen molar-refractivity contribution in [2.24, 2.45) is 28.6 Å². The maximum atomic E-state index is 17.1. The molecule has 19 heteroatoms. The highest BCUT2D eigenvalue weighted by Gasteiger charge is 2.72. The normalized spacial score (nSPS) is 32.1. The SMILES string of the molecule is CC12CC(O)[C@@]3(F)C(C[C@H](F)C4=CC(=O)C=CC43C)C1CCC2C(=O)COC(=O)CNC(=O)CCCO[N+](=O)[O-].O=C(O)CCCO[N+](=O)[O-]. The van der Waals surface area contributed by atoms with E-state index in [-0.39, 0.29) is 57.3 Å². The van der Waals surface area contributed by atoms with Gasteiger partial charge in [0.1, 0.15) is 19.3 Å². The van der Waals surface area contributed by atoms with Crippen molar-refractivity contribution < 1.29 is 67.6 Å². The van der Waals surface area contributed by atoms with Gasteiger partial charge in [0.15, 0.2) is 17.2 Å². The number of ether oxygens (including phenoxy) is 1. The molecular weight excluding hydrogens is 676 g/mol. The Bertz CT molecular complexity index is 1410. The number of nitrogens with zero attached hydrogens (tertiary/aromatic N) is 2. The highest BCUT2D eigenvalue weighted by molar-refractivity contribution is 6.01. The van der Waals surface area contributed by atoms with Crippen molar-refractivity contribution in [3.8, 4) is 0 Å². The highest BCUT2D eigenvalue weighted by atomic mass is 19.1. The van der Waals surface area contributed by atoms with Crippen molar-refractivity contribution in [3.63, 3.8) is 0 Å². The van der Waals surface area contributed by atoms with Crippen LogP contribution >= 0.6 is 0 Å². The number of allylic oxidation sites excluding steroid dienone is 4. The molecule has 6 unspecified atom stereocenters. The number of amides is 1. The molecule has 0 saturated heterocycles. The van der Waals surface area contributed by atoms with Crippen molar-refractivity contribution >= 4 is 29.4 Å². The van der Waals surface area contributed by atoms with E-state index in [1.807, 2.05) is 0 Å². The molecular formula is C31H41F2N3O14. The zero-order chi connectivity index (χ0) is 37.4. The first-order valence-electron chi connectivity index (χ1n) is 16.0. The number of hydrogen-bond acceptors (Lipinski definition) is 13. The summed E-state index contributed by atoms with van der Waals surface area (Å²) < 4.78 is 37.5. The van der Waals surface area contributed by atoms with Gasteiger partial charge in [0.05, 0.1) is 19.3 Å². The summed E-state index contributed by atoms with van der Waals surface area (Å²) in [7, 11) is 0. The van der Waals surface area contributed by atoms with Crippen molar-refractivity contribution in [2.45, 2.75) is 83.2 Å². The lowest BCUT2D eigenvalue weighted by atomic mass is 9.45. The second-order valence-corrected chi connectivity index (χ2v) is 13.2. The van der Waals surface area contributed by atoms with E-state index >= 15 is 8.78 Å². The summed E-state index contributed by atoms with van der Waals surface area (Å²) in [5.41, 5.74) is -4.53. The first kappa shape index (κ1) is 39.9. The van der Waals surface area contributed by atoms with E-state index in [1.165, 1.54) is 19.1 Å². The Kier molecular flexibility index (Phi) is 13.1. The maximum Gasteiger partial charge on any atom is 0.325 e.